The minimum atomic E-state index is 0.722. The average Bonchev–Trinajstić information content (AvgIpc) is 2.46. The maximum absolute atomic E-state index is 5.85. The number of para-hydroxylation sites is 2. The number of benzene rings is 1. The molecule has 4 heteroatoms. The Bertz CT molecular complexity index is 400. The van der Waals surface area contributed by atoms with Crippen molar-refractivity contribution in [1.29, 1.82) is 0 Å². The lowest BCUT2D eigenvalue weighted by Gasteiger charge is -2.35. The molecule has 0 bridgehead atoms. The van der Waals surface area contributed by atoms with Gasteiger partial charge in [0.05, 0.1) is 12.3 Å². The lowest BCUT2D eigenvalue weighted by molar-refractivity contribution is 0.138. The molecule has 0 unspecified atom stereocenters. The summed E-state index contributed by atoms with van der Waals surface area (Å²) < 4.78 is 5.73. The van der Waals surface area contributed by atoms with E-state index < -0.39 is 0 Å². The zero-order valence-electron chi connectivity index (χ0n) is 12.7. The maximum Gasteiger partial charge on any atom is 0.142 e. The van der Waals surface area contributed by atoms with E-state index in [0.29, 0.717) is 0 Å². The molecule has 1 aromatic rings. The van der Waals surface area contributed by atoms with Crippen molar-refractivity contribution >= 4 is 5.69 Å². The first-order valence-electron chi connectivity index (χ1n) is 7.53. The van der Waals surface area contributed by atoms with Gasteiger partial charge < -0.3 is 20.3 Å². The first-order chi connectivity index (χ1) is 9.66. The van der Waals surface area contributed by atoms with Crippen LogP contribution in [0.3, 0.4) is 0 Å². The van der Waals surface area contributed by atoms with Crippen LogP contribution in [0.5, 0.6) is 5.75 Å². The average molecular weight is 277 g/mol. The second-order valence-electron chi connectivity index (χ2n) is 5.78. The molecule has 0 amide bonds. The fourth-order valence-corrected chi connectivity index (χ4v) is 2.74. The van der Waals surface area contributed by atoms with Crippen LogP contribution in [0.15, 0.2) is 24.3 Å². The van der Waals surface area contributed by atoms with E-state index >= 15 is 0 Å². The number of hydrogen-bond donors (Lipinski definition) is 1. The van der Waals surface area contributed by atoms with Gasteiger partial charge in [0.25, 0.3) is 0 Å². The summed E-state index contributed by atoms with van der Waals surface area (Å²) in [6.45, 7) is 4.27. The Morgan fingerprint density at radius 1 is 1.25 bits per heavy atom. The normalized spacial score (nSPS) is 17.6. The van der Waals surface area contributed by atoms with Gasteiger partial charge in [-0.05, 0) is 58.6 Å². The van der Waals surface area contributed by atoms with Gasteiger partial charge >= 0.3 is 0 Å². The molecule has 1 aliphatic heterocycles. The van der Waals surface area contributed by atoms with Crippen LogP contribution in [0, 0.1) is 0 Å². The molecule has 112 valence electrons. The molecule has 0 saturated carbocycles. The van der Waals surface area contributed by atoms with Gasteiger partial charge in [0.1, 0.15) is 5.75 Å². The molecule has 0 spiro atoms. The standard InChI is InChI=1S/C16H27N3O/c1-18(2)14-8-11-19(12-9-14)10-5-13-20-16-7-4-3-6-15(16)17/h3-4,6-7,14H,5,8-13,17H2,1-2H3. The molecule has 1 aromatic carbocycles. The summed E-state index contributed by atoms with van der Waals surface area (Å²) in [5.74, 6) is 0.804. The SMILES string of the molecule is CN(C)C1CCN(CCCOc2ccccc2N)CC1. The predicted octanol–water partition coefficient (Wildman–Crippen LogP) is 2.06. The topological polar surface area (TPSA) is 41.7 Å². The summed E-state index contributed by atoms with van der Waals surface area (Å²) in [5, 5.41) is 0. The summed E-state index contributed by atoms with van der Waals surface area (Å²) in [7, 11) is 4.36. The van der Waals surface area contributed by atoms with Crippen molar-refractivity contribution in [3.63, 3.8) is 0 Å². The van der Waals surface area contributed by atoms with Crippen molar-refractivity contribution in [2.75, 3.05) is 46.1 Å². The third kappa shape index (κ3) is 4.39. The van der Waals surface area contributed by atoms with Crippen LogP contribution >= 0.6 is 0 Å². The van der Waals surface area contributed by atoms with Crippen molar-refractivity contribution in [3.8, 4) is 5.75 Å². The van der Waals surface area contributed by atoms with Crippen LogP contribution in [-0.4, -0.2) is 56.2 Å². The number of likely N-dealkylation sites (tertiary alicyclic amines) is 1. The minimum Gasteiger partial charge on any atom is -0.491 e. The van der Waals surface area contributed by atoms with E-state index in [1.807, 2.05) is 24.3 Å². The number of nitrogen functional groups attached to an aromatic ring is 1. The number of ether oxygens (including phenoxy) is 1. The fraction of sp³-hybridized carbons (Fsp3) is 0.625. The second-order valence-corrected chi connectivity index (χ2v) is 5.78. The van der Waals surface area contributed by atoms with Crippen molar-refractivity contribution in [1.82, 2.24) is 9.80 Å². The quantitative estimate of drug-likeness (QED) is 0.638. The first kappa shape index (κ1) is 15.1. The molecule has 1 fully saturated rings. The molecule has 1 aliphatic rings. The molecule has 0 radical (unpaired) electrons. The van der Waals surface area contributed by atoms with Crippen LogP contribution in [0.2, 0.25) is 0 Å². The summed E-state index contributed by atoms with van der Waals surface area (Å²) in [4.78, 5) is 4.89. The molecular weight excluding hydrogens is 250 g/mol. The highest BCUT2D eigenvalue weighted by Gasteiger charge is 2.19. The van der Waals surface area contributed by atoms with Gasteiger partial charge in [-0.1, -0.05) is 12.1 Å². The molecule has 0 atom stereocenters. The van der Waals surface area contributed by atoms with E-state index in [-0.39, 0.29) is 0 Å². The van der Waals surface area contributed by atoms with Crippen molar-refractivity contribution in [3.05, 3.63) is 24.3 Å². The van der Waals surface area contributed by atoms with Crippen LogP contribution < -0.4 is 10.5 Å². The Kier molecular flexibility index (Phi) is 5.68. The van der Waals surface area contributed by atoms with Crippen LogP contribution in [0.25, 0.3) is 0 Å². The third-order valence-corrected chi connectivity index (χ3v) is 4.08. The number of nitrogens with two attached hydrogens (primary N) is 1. The Labute approximate surface area is 122 Å². The van der Waals surface area contributed by atoms with Gasteiger partial charge in [0, 0.05) is 12.6 Å². The Hall–Kier alpha value is -1.26. The van der Waals surface area contributed by atoms with Gasteiger partial charge in [-0.15, -0.1) is 0 Å². The largest absolute Gasteiger partial charge is 0.491 e. The maximum atomic E-state index is 5.85. The van der Waals surface area contributed by atoms with Crippen LogP contribution in [0.4, 0.5) is 5.69 Å². The van der Waals surface area contributed by atoms with E-state index in [4.69, 9.17) is 10.5 Å². The van der Waals surface area contributed by atoms with Gasteiger partial charge in [-0.2, -0.15) is 0 Å². The lowest BCUT2D eigenvalue weighted by Crippen LogP contribution is -2.42. The number of hydrogen-bond acceptors (Lipinski definition) is 4. The second kappa shape index (κ2) is 7.50. The highest BCUT2D eigenvalue weighted by Crippen LogP contribution is 2.20. The summed E-state index contributed by atoms with van der Waals surface area (Å²) in [5.41, 5.74) is 6.57. The molecule has 0 aromatic heterocycles. The minimum absolute atomic E-state index is 0.722. The molecule has 0 aliphatic carbocycles. The van der Waals surface area contributed by atoms with E-state index in [1.165, 1.54) is 25.9 Å². The highest BCUT2D eigenvalue weighted by atomic mass is 16.5. The summed E-state index contributed by atoms with van der Waals surface area (Å²) >= 11 is 0. The van der Waals surface area contributed by atoms with Gasteiger partial charge in [0.2, 0.25) is 0 Å². The highest BCUT2D eigenvalue weighted by molar-refractivity contribution is 5.51. The summed E-state index contributed by atoms with van der Waals surface area (Å²) in [6.07, 6.45) is 3.61. The van der Waals surface area contributed by atoms with Crippen molar-refractivity contribution in [2.24, 2.45) is 0 Å². The van der Waals surface area contributed by atoms with Crippen LogP contribution in [0.1, 0.15) is 19.3 Å². The van der Waals surface area contributed by atoms with E-state index in [9.17, 15) is 0 Å². The predicted molar refractivity (Wildman–Crippen MR) is 84.1 cm³/mol. The molecule has 1 saturated heterocycles. The van der Waals surface area contributed by atoms with Crippen molar-refractivity contribution < 1.29 is 4.74 Å². The first-order valence-corrected chi connectivity index (χ1v) is 7.53. The van der Waals surface area contributed by atoms with E-state index in [2.05, 4.69) is 23.9 Å². The Balaban J connectivity index is 1.62. The molecular formula is C16H27N3O. The lowest BCUT2D eigenvalue weighted by atomic mass is 10.0. The van der Waals surface area contributed by atoms with Crippen molar-refractivity contribution in [2.45, 2.75) is 25.3 Å². The Morgan fingerprint density at radius 2 is 1.95 bits per heavy atom. The molecule has 2 N–H and O–H groups in total. The number of nitrogens with zero attached hydrogens (tertiary/aromatic N) is 2. The molecule has 4 nitrogen and oxygen atoms in total. The molecule has 2 rings (SSSR count). The number of anilines is 1. The van der Waals surface area contributed by atoms with Gasteiger partial charge in [-0.25, -0.2) is 0 Å². The zero-order chi connectivity index (χ0) is 14.4. The Morgan fingerprint density at radius 3 is 2.60 bits per heavy atom. The molecule has 1 heterocycles. The van der Waals surface area contributed by atoms with Gasteiger partial charge in [0.15, 0.2) is 0 Å². The van der Waals surface area contributed by atoms with E-state index in [1.54, 1.807) is 0 Å². The molecule has 20 heavy (non-hydrogen) atoms. The zero-order valence-corrected chi connectivity index (χ0v) is 12.7. The number of rotatable bonds is 6. The summed E-state index contributed by atoms with van der Waals surface area (Å²) in [6, 6.07) is 8.44. The van der Waals surface area contributed by atoms with Crippen LogP contribution in [-0.2, 0) is 0 Å². The van der Waals surface area contributed by atoms with Gasteiger partial charge in [-0.3, -0.25) is 0 Å². The third-order valence-electron chi connectivity index (χ3n) is 4.08. The fourth-order valence-electron chi connectivity index (χ4n) is 2.74. The monoisotopic (exact) mass is 277 g/mol. The smallest absolute Gasteiger partial charge is 0.142 e. The number of piperidine rings is 1. The van der Waals surface area contributed by atoms with E-state index in [0.717, 1.165) is 37.1 Å².